The maximum absolute atomic E-state index is 12.5. The van der Waals surface area contributed by atoms with E-state index in [4.69, 9.17) is 5.11 Å². The molecule has 2 aromatic carbocycles. The third-order valence-corrected chi connectivity index (χ3v) is 4.93. The first-order valence-electron chi connectivity index (χ1n) is 9.40. The highest BCUT2D eigenvalue weighted by atomic mass is 16.4. The molecule has 2 aromatic rings. The zero-order valence-corrected chi connectivity index (χ0v) is 15.9. The molecule has 0 radical (unpaired) electrons. The van der Waals surface area contributed by atoms with Crippen LogP contribution in [-0.4, -0.2) is 46.9 Å². The van der Waals surface area contributed by atoms with Crippen LogP contribution < -0.4 is 5.32 Å². The SMILES string of the molecule is Cc1cc(C(=O)O)cc(C(=O)NC2CCN(C(=O)CCc3ccccc3)C2)c1. The van der Waals surface area contributed by atoms with E-state index < -0.39 is 5.97 Å². The van der Waals surface area contributed by atoms with Gasteiger partial charge >= 0.3 is 5.97 Å². The third kappa shape index (κ3) is 4.97. The van der Waals surface area contributed by atoms with E-state index in [9.17, 15) is 14.4 Å². The van der Waals surface area contributed by atoms with E-state index in [2.05, 4.69) is 5.32 Å². The van der Waals surface area contributed by atoms with Crippen molar-refractivity contribution < 1.29 is 19.5 Å². The molecule has 1 atom stereocenters. The number of amides is 2. The number of carboxylic acid groups (broad SMARTS) is 1. The largest absolute Gasteiger partial charge is 0.478 e. The molecule has 0 saturated carbocycles. The highest BCUT2D eigenvalue weighted by Crippen LogP contribution is 2.15. The molecule has 1 heterocycles. The predicted molar refractivity (Wildman–Crippen MR) is 105 cm³/mol. The first kappa shape index (κ1) is 19.6. The summed E-state index contributed by atoms with van der Waals surface area (Å²) in [6, 6.07) is 14.3. The number of nitrogens with zero attached hydrogens (tertiary/aromatic N) is 1. The van der Waals surface area contributed by atoms with E-state index in [1.807, 2.05) is 30.3 Å². The second-order valence-corrected chi connectivity index (χ2v) is 7.18. The van der Waals surface area contributed by atoms with Crippen LogP contribution in [0.3, 0.4) is 0 Å². The lowest BCUT2D eigenvalue weighted by Gasteiger charge is -2.17. The van der Waals surface area contributed by atoms with Gasteiger partial charge < -0.3 is 15.3 Å². The minimum atomic E-state index is -1.06. The molecule has 1 saturated heterocycles. The van der Waals surface area contributed by atoms with Crippen LogP contribution in [0, 0.1) is 6.92 Å². The lowest BCUT2D eigenvalue weighted by atomic mass is 10.1. The number of carbonyl (C=O) groups excluding carboxylic acids is 2. The van der Waals surface area contributed by atoms with Gasteiger partial charge in [-0.25, -0.2) is 4.79 Å². The maximum atomic E-state index is 12.5. The van der Waals surface area contributed by atoms with Crippen molar-refractivity contribution in [3.05, 3.63) is 70.8 Å². The average Bonchev–Trinajstić information content (AvgIpc) is 3.15. The molecule has 2 amide bonds. The van der Waals surface area contributed by atoms with Gasteiger partial charge in [0.05, 0.1) is 5.56 Å². The summed E-state index contributed by atoms with van der Waals surface area (Å²) in [5.74, 6) is -1.28. The number of hydrogen-bond acceptors (Lipinski definition) is 3. The van der Waals surface area contributed by atoms with Crippen molar-refractivity contribution in [2.75, 3.05) is 13.1 Å². The fraction of sp³-hybridized carbons (Fsp3) is 0.318. The molecule has 1 aliphatic rings. The Morgan fingerprint density at radius 1 is 1.11 bits per heavy atom. The number of hydrogen-bond donors (Lipinski definition) is 2. The minimum Gasteiger partial charge on any atom is -0.478 e. The predicted octanol–water partition coefficient (Wildman–Crippen LogP) is 2.66. The summed E-state index contributed by atoms with van der Waals surface area (Å²) in [5, 5.41) is 12.1. The van der Waals surface area contributed by atoms with Gasteiger partial charge in [0.15, 0.2) is 0 Å². The van der Waals surface area contributed by atoms with Crippen LogP contribution in [0.2, 0.25) is 0 Å². The molecule has 6 nitrogen and oxygen atoms in total. The molecular weight excluding hydrogens is 356 g/mol. The number of benzene rings is 2. The van der Waals surface area contributed by atoms with E-state index in [0.717, 1.165) is 5.56 Å². The lowest BCUT2D eigenvalue weighted by Crippen LogP contribution is -2.38. The second kappa shape index (κ2) is 8.69. The second-order valence-electron chi connectivity index (χ2n) is 7.18. The molecule has 28 heavy (non-hydrogen) atoms. The molecule has 6 heteroatoms. The van der Waals surface area contributed by atoms with Gasteiger partial charge in [0.25, 0.3) is 5.91 Å². The van der Waals surface area contributed by atoms with Gasteiger partial charge in [-0.2, -0.15) is 0 Å². The summed E-state index contributed by atoms with van der Waals surface area (Å²) in [7, 11) is 0. The fourth-order valence-corrected chi connectivity index (χ4v) is 3.47. The maximum Gasteiger partial charge on any atom is 0.335 e. The lowest BCUT2D eigenvalue weighted by molar-refractivity contribution is -0.130. The van der Waals surface area contributed by atoms with Gasteiger partial charge in [-0.1, -0.05) is 30.3 Å². The fourth-order valence-electron chi connectivity index (χ4n) is 3.47. The van der Waals surface area contributed by atoms with Crippen molar-refractivity contribution in [1.29, 1.82) is 0 Å². The summed E-state index contributed by atoms with van der Waals surface area (Å²) in [5.41, 5.74) is 2.27. The Morgan fingerprint density at radius 3 is 2.54 bits per heavy atom. The van der Waals surface area contributed by atoms with E-state index in [1.54, 1.807) is 17.9 Å². The first-order chi connectivity index (χ1) is 13.4. The van der Waals surface area contributed by atoms with Gasteiger partial charge in [0.1, 0.15) is 0 Å². The summed E-state index contributed by atoms with van der Waals surface area (Å²) < 4.78 is 0. The van der Waals surface area contributed by atoms with E-state index in [0.29, 0.717) is 43.5 Å². The molecule has 0 bridgehead atoms. The van der Waals surface area contributed by atoms with Crippen molar-refractivity contribution in [3.63, 3.8) is 0 Å². The van der Waals surface area contributed by atoms with Crippen molar-refractivity contribution in [2.45, 2.75) is 32.2 Å². The van der Waals surface area contributed by atoms with Crippen LogP contribution in [0.1, 0.15) is 44.7 Å². The Morgan fingerprint density at radius 2 is 1.82 bits per heavy atom. The average molecular weight is 380 g/mol. The standard InChI is InChI=1S/C22H24N2O4/c1-15-11-17(13-18(12-15)22(27)28)21(26)23-19-9-10-24(14-19)20(25)8-7-16-5-3-2-4-6-16/h2-6,11-13,19H,7-10,14H2,1H3,(H,23,26)(H,27,28). The summed E-state index contributed by atoms with van der Waals surface area (Å²) in [6.45, 7) is 2.86. The molecule has 0 aliphatic carbocycles. The number of aryl methyl sites for hydroxylation is 2. The van der Waals surface area contributed by atoms with Gasteiger partial charge in [0.2, 0.25) is 5.91 Å². The van der Waals surface area contributed by atoms with Crippen LogP contribution in [0.5, 0.6) is 0 Å². The molecule has 1 fully saturated rings. The number of rotatable bonds is 6. The molecule has 2 N–H and O–H groups in total. The number of aromatic carboxylic acids is 1. The highest BCUT2D eigenvalue weighted by molar-refractivity contribution is 5.98. The monoisotopic (exact) mass is 380 g/mol. The number of likely N-dealkylation sites (tertiary alicyclic amines) is 1. The molecule has 0 spiro atoms. The van der Waals surface area contributed by atoms with Crippen LogP contribution in [0.4, 0.5) is 0 Å². The molecule has 1 aliphatic heterocycles. The molecule has 0 aromatic heterocycles. The normalized spacial score (nSPS) is 16.0. The first-order valence-corrected chi connectivity index (χ1v) is 9.40. The van der Waals surface area contributed by atoms with Crippen LogP contribution in [0.25, 0.3) is 0 Å². The van der Waals surface area contributed by atoms with Crippen molar-refractivity contribution >= 4 is 17.8 Å². The molecule has 146 valence electrons. The van der Waals surface area contributed by atoms with E-state index in [-0.39, 0.29) is 23.4 Å². The number of nitrogens with one attached hydrogen (secondary N) is 1. The van der Waals surface area contributed by atoms with Crippen LogP contribution >= 0.6 is 0 Å². The van der Waals surface area contributed by atoms with Crippen molar-refractivity contribution in [1.82, 2.24) is 10.2 Å². The minimum absolute atomic E-state index is 0.0873. The van der Waals surface area contributed by atoms with Gasteiger partial charge in [-0.3, -0.25) is 9.59 Å². The molecule has 1 unspecified atom stereocenters. The topological polar surface area (TPSA) is 86.7 Å². The number of carbonyl (C=O) groups is 3. The zero-order chi connectivity index (χ0) is 20.1. The zero-order valence-electron chi connectivity index (χ0n) is 15.9. The Hall–Kier alpha value is -3.15. The Balaban J connectivity index is 1.53. The van der Waals surface area contributed by atoms with Gasteiger partial charge in [-0.15, -0.1) is 0 Å². The van der Waals surface area contributed by atoms with Gasteiger partial charge in [0, 0.05) is 31.1 Å². The quantitative estimate of drug-likeness (QED) is 0.807. The van der Waals surface area contributed by atoms with Crippen LogP contribution in [-0.2, 0) is 11.2 Å². The highest BCUT2D eigenvalue weighted by Gasteiger charge is 2.27. The van der Waals surface area contributed by atoms with Crippen LogP contribution in [0.15, 0.2) is 48.5 Å². The summed E-state index contributed by atoms with van der Waals surface area (Å²) in [4.78, 5) is 37.9. The summed E-state index contributed by atoms with van der Waals surface area (Å²) >= 11 is 0. The smallest absolute Gasteiger partial charge is 0.335 e. The van der Waals surface area contributed by atoms with Crippen molar-refractivity contribution in [2.24, 2.45) is 0 Å². The Kier molecular flexibility index (Phi) is 6.09. The van der Waals surface area contributed by atoms with E-state index in [1.165, 1.54) is 12.1 Å². The number of carboxylic acids is 1. The van der Waals surface area contributed by atoms with Gasteiger partial charge in [-0.05, 0) is 49.1 Å². The third-order valence-electron chi connectivity index (χ3n) is 4.93. The molecule has 3 rings (SSSR count). The molecular formula is C22H24N2O4. The van der Waals surface area contributed by atoms with Crippen molar-refractivity contribution in [3.8, 4) is 0 Å². The Labute approximate surface area is 164 Å². The Bertz CT molecular complexity index is 879. The van der Waals surface area contributed by atoms with E-state index >= 15 is 0 Å². The summed E-state index contributed by atoms with van der Waals surface area (Å²) in [6.07, 6.45) is 1.85.